The molecule has 1 unspecified atom stereocenters. The molecule has 1 atom stereocenters. The third-order valence-electron chi connectivity index (χ3n) is 3.34. The molecule has 0 fully saturated rings. The standard InChI is InChI=1S/C16H17ClFNO/c1-9-6-11(7-10(2)16(9)20-3)15(19)13-8-12(17)4-5-14(13)18/h4-8,15H,19H2,1-3H3. The van der Waals surface area contributed by atoms with Crippen LogP contribution >= 0.6 is 11.6 Å². The normalized spacial score (nSPS) is 12.3. The molecular weight excluding hydrogens is 277 g/mol. The molecule has 4 heteroatoms. The number of methoxy groups -OCH3 is 1. The Morgan fingerprint density at radius 2 is 1.75 bits per heavy atom. The van der Waals surface area contributed by atoms with Gasteiger partial charge in [-0.3, -0.25) is 0 Å². The highest BCUT2D eigenvalue weighted by molar-refractivity contribution is 6.30. The Bertz CT molecular complexity index is 619. The lowest BCUT2D eigenvalue weighted by Gasteiger charge is -2.17. The Balaban J connectivity index is 2.48. The summed E-state index contributed by atoms with van der Waals surface area (Å²) in [6, 6.07) is 7.68. The first-order valence-corrected chi connectivity index (χ1v) is 6.67. The lowest BCUT2D eigenvalue weighted by Crippen LogP contribution is -2.14. The van der Waals surface area contributed by atoms with Crippen LogP contribution in [0.15, 0.2) is 30.3 Å². The molecule has 2 aromatic carbocycles. The van der Waals surface area contributed by atoms with E-state index in [1.807, 2.05) is 26.0 Å². The average Bonchev–Trinajstić information content (AvgIpc) is 2.40. The predicted octanol–water partition coefficient (Wildman–Crippen LogP) is 4.15. The highest BCUT2D eigenvalue weighted by Crippen LogP contribution is 2.30. The first kappa shape index (κ1) is 14.8. The topological polar surface area (TPSA) is 35.2 Å². The van der Waals surface area contributed by atoms with Gasteiger partial charge in [0.05, 0.1) is 13.2 Å². The lowest BCUT2D eigenvalue weighted by atomic mass is 9.95. The molecule has 0 aliphatic rings. The largest absolute Gasteiger partial charge is 0.496 e. The van der Waals surface area contributed by atoms with Crippen LogP contribution in [0.25, 0.3) is 0 Å². The number of benzene rings is 2. The van der Waals surface area contributed by atoms with Gasteiger partial charge in [-0.1, -0.05) is 23.7 Å². The van der Waals surface area contributed by atoms with Crippen LogP contribution in [-0.4, -0.2) is 7.11 Å². The van der Waals surface area contributed by atoms with Gasteiger partial charge in [-0.25, -0.2) is 4.39 Å². The van der Waals surface area contributed by atoms with E-state index < -0.39 is 6.04 Å². The van der Waals surface area contributed by atoms with Gasteiger partial charge in [-0.2, -0.15) is 0 Å². The van der Waals surface area contributed by atoms with E-state index in [9.17, 15) is 4.39 Å². The minimum Gasteiger partial charge on any atom is -0.496 e. The molecule has 20 heavy (non-hydrogen) atoms. The van der Waals surface area contributed by atoms with E-state index in [1.54, 1.807) is 13.2 Å². The zero-order chi connectivity index (χ0) is 14.9. The smallest absolute Gasteiger partial charge is 0.128 e. The first-order chi connectivity index (χ1) is 9.43. The van der Waals surface area contributed by atoms with Crippen molar-refractivity contribution in [1.82, 2.24) is 0 Å². The van der Waals surface area contributed by atoms with Gasteiger partial charge in [0.15, 0.2) is 0 Å². The summed E-state index contributed by atoms with van der Waals surface area (Å²) in [5, 5.41) is 0.471. The fourth-order valence-corrected chi connectivity index (χ4v) is 2.60. The monoisotopic (exact) mass is 293 g/mol. The van der Waals surface area contributed by atoms with E-state index in [2.05, 4.69) is 0 Å². The number of rotatable bonds is 3. The van der Waals surface area contributed by atoms with Crippen LogP contribution in [0.3, 0.4) is 0 Å². The van der Waals surface area contributed by atoms with E-state index in [1.165, 1.54) is 12.1 Å². The maximum absolute atomic E-state index is 13.9. The molecular formula is C16H17ClFNO. The lowest BCUT2D eigenvalue weighted by molar-refractivity contribution is 0.408. The molecule has 0 spiro atoms. The van der Waals surface area contributed by atoms with Crippen LogP contribution < -0.4 is 10.5 Å². The van der Waals surface area contributed by atoms with Crippen molar-refractivity contribution in [2.45, 2.75) is 19.9 Å². The Morgan fingerprint density at radius 1 is 1.15 bits per heavy atom. The van der Waals surface area contributed by atoms with Gasteiger partial charge in [-0.05, 0) is 48.7 Å². The SMILES string of the molecule is COc1c(C)cc(C(N)c2cc(Cl)ccc2F)cc1C. The summed E-state index contributed by atoms with van der Waals surface area (Å²) in [4.78, 5) is 0. The molecule has 2 nitrogen and oxygen atoms in total. The highest BCUT2D eigenvalue weighted by atomic mass is 35.5. The van der Waals surface area contributed by atoms with Gasteiger partial charge < -0.3 is 10.5 Å². The molecule has 0 radical (unpaired) electrons. The van der Waals surface area contributed by atoms with Gasteiger partial charge in [0, 0.05) is 10.6 Å². The minimum absolute atomic E-state index is 0.354. The molecule has 106 valence electrons. The third-order valence-corrected chi connectivity index (χ3v) is 3.57. The van der Waals surface area contributed by atoms with Gasteiger partial charge >= 0.3 is 0 Å². The fourth-order valence-electron chi connectivity index (χ4n) is 2.42. The number of aryl methyl sites for hydroxylation is 2. The van der Waals surface area contributed by atoms with Crippen molar-refractivity contribution in [3.63, 3.8) is 0 Å². The van der Waals surface area contributed by atoms with Crippen LogP contribution in [0, 0.1) is 19.7 Å². The Kier molecular flexibility index (Phi) is 4.31. The van der Waals surface area contributed by atoms with E-state index in [-0.39, 0.29) is 5.82 Å². The quantitative estimate of drug-likeness (QED) is 0.922. The van der Waals surface area contributed by atoms with Crippen LogP contribution in [0.2, 0.25) is 5.02 Å². The molecule has 0 heterocycles. The summed E-state index contributed by atoms with van der Waals surface area (Å²) in [7, 11) is 1.63. The minimum atomic E-state index is -0.558. The summed E-state index contributed by atoms with van der Waals surface area (Å²) < 4.78 is 19.2. The number of ether oxygens (including phenoxy) is 1. The summed E-state index contributed by atoms with van der Waals surface area (Å²) in [6.45, 7) is 3.88. The molecule has 0 amide bonds. The van der Waals surface area contributed by atoms with Crippen LogP contribution in [0.1, 0.15) is 28.3 Å². The predicted molar refractivity (Wildman–Crippen MR) is 79.9 cm³/mol. The van der Waals surface area contributed by atoms with E-state index >= 15 is 0 Å². The highest BCUT2D eigenvalue weighted by Gasteiger charge is 2.16. The first-order valence-electron chi connectivity index (χ1n) is 6.29. The molecule has 2 N–H and O–H groups in total. The summed E-state index contributed by atoms with van der Waals surface area (Å²) in [5.74, 6) is 0.473. The Labute approximate surface area is 123 Å². The second-order valence-electron chi connectivity index (χ2n) is 4.83. The molecule has 0 saturated carbocycles. The van der Waals surface area contributed by atoms with Crippen LogP contribution in [-0.2, 0) is 0 Å². The Hall–Kier alpha value is -1.58. The second kappa shape index (κ2) is 5.81. The van der Waals surface area contributed by atoms with Gasteiger partial charge in [0.1, 0.15) is 11.6 Å². The number of hydrogen-bond acceptors (Lipinski definition) is 2. The van der Waals surface area contributed by atoms with Gasteiger partial charge in [0.25, 0.3) is 0 Å². The average molecular weight is 294 g/mol. The zero-order valence-electron chi connectivity index (χ0n) is 11.7. The van der Waals surface area contributed by atoms with Crippen molar-refractivity contribution in [1.29, 1.82) is 0 Å². The summed E-state index contributed by atoms with van der Waals surface area (Å²) >= 11 is 5.92. The maximum Gasteiger partial charge on any atom is 0.128 e. The van der Waals surface area contributed by atoms with Crippen LogP contribution in [0.5, 0.6) is 5.75 Å². The van der Waals surface area contributed by atoms with E-state index in [0.717, 1.165) is 22.4 Å². The van der Waals surface area contributed by atoms with Crippen molar-refractivity contribution in [3.05, 3.63) is 63.4 Å². The molecule has 0 aromatic heterocycles. The zero-order valence-corrected chi connectivity index (χ0v) is 12.5. The summed E-state index contributed by atoms with van der Waals surface area (Å²) in [6.07, 6.45) is 0. The van der Waals surface area contributed by atoms with Gasteiger partial charge in [0.2, 0.25) is 0 Å². The molecule has 2 rings (SSSR count). The van der Waals surface area contributed by atoms with Crippen molar-refractivity contribution in [2.24, 2.45) is 5.73 Å². The van der Waals surface area contributed by atoms with Crippen molar-refractivity contribution in [2.75, 3.05) is 7.11 Å². The second-order valence-corrected chi connectivity index (χ2v) is 5.27. The van der Waals surface area contributed by atoms with Crippen molar-refractivity contribution in [3.8, 4) is 5.75 Å². The molecule has 0 bridgehead atoms. The molecule has 0 aliphatic carbocycles. The van der Waals surface area contributed by atoms with Crippen molar-refractivity contribution < 1.29 is 9.13 Å². The van der Waals surface area contributed by atoms with Crippen molar-refractivity contribution >= 4 is 11.6 Å². The Morgan fingerprint density at radius 3 is 2.30 bits per heavy atom. The number of hydrogen-bond donors (Lipinski definition) is 1. The van der Waals surface area contributed by atoms with Gasteiger partial charge in [-0.15, -0.1) is 0 Å². The number of nitrogens with two attached hydrogens (primary N) is 1. The van der Waals surface area contributed by atoms with E-state index in [0.29, 0.717) is 10.6 Å². The summed E-state index contributed by atoms with van der Waals surface area (Å²) in [5.41, 5.74) is 9.35. The van der Waals surface area contributed by atoms with Crippen LogP contribution in [0.4, 0.5) is 4.39 Å². The fraction of sp³-hybridized carbons (Fsp3) is 0.250. The number of halogens is 2. The third kappa shape index (κ3) is 2.79. The van der Waals surface area contributed by atoms with E-state index in [4.69, 9.17) is 22.1 Å². The molecule has 0 saturated heterocycles. The maximum atomic E-state index is 13.9. The molecule has 0 aliphatic heterocycles. The molecule has 2 aromatic rings.